The van der Waals surface area contributed by atoms with E-state index >= 15 is 0 Å². The van der Waals surface area contributed by atoms with E-state index in [1.807, 2.05) is 49.4 Å². The lowest BCUT2D eigenvalue weighted by atomic mass is 9.91. The van der Waals surface area contributed by atoms with Gasteiger partial charge in [0.15, 0.2) is 56.4 Å². The van der Waals surface area contributed by atoms with E-state index in [9.17, 15) is 77.4 Å². The van der Waals surface area contributed by atoms with Gasteiger partial charge in [-0.25, -0.2) is 88.1 Å². The summed E-state index contributed by atoms with van der Waals surface area (Å²) in [6.07, 6.45) is 2.03. The molecule has 6 aromatic heterocycles. The van der Waals surface area contributed by atoms with Crippen LogP contribution in [0.2, 0.25) is 5.02 Å². The van der Waals surface area contributed by atoms with Crippen molar-refractivity contribution in [1.82, 2.24) is 30.1 Å². The van der Waals surface area contributed by atoms with Crippen LogP contribution < -0.4 is 33.4 Å². The molecule has 5 aliphatic rings. The second kappa shape index (κ2) is 39.3. The number of oxazole rings is 1. The molecule has 44 heteroatoms. The number of pyridine rings is 3. The second-order valence-corrected chi connectivity index (χ2v) is 54.3. The van der Waals surface area contributed by atoms with Crippen molar-refractivity contribution < 1.29 is 91.1 Å². The highest BCUT2D eigenvalue weighted by Gasteiger charge is 2.57. The molecule has 0 radical (unpaired) electrons. The Morgan fingerprint density at radius 2 is 0.863 bits per heavy atom. The fourth-order valence-corrected chi connectivity index (χ4v) is 28.3. The van der Waals surface area contributed by atoms with Crippen molar-refractivity contribution in [2.24, 2.45) is 53.6 Å². The number of thiazole rings is 1. The van der Waals surface area contributed by atoms with Gasteiger partial charge in [-0.15, -0.1) is 11.3 Å². The monoisotopic (exact) mass is 2150 g/mol. The number of fused-ring (bicyclic) bond motifs is 3. The molecule has 28 nitrogen and oxygen atoms in total. The Balaban J connectivity index is 0.000000144. The SMILES string of the molecule is C=S1(=O)C[C@@](C)(c2cc(Cc3noc4cc(F)cnc34)ccc2F)N=C(N)C1(C)C.CC1(C)C(N)=N[C@@](C)(c2nc(Cc3cccc(Cl)c3F)ccc2F)CS1(=O)=O.COc1ccccc1Cc1ccc(F)c([C@@]2(C)CS(=O)(=O)C(C)(C)C(N)=N2)n1.Cc1nc2ccc(CC3(C)C(N)=N[C@](C)(c4cc(F)ccc4F)CS3(=O)=O)cc2o1.Cc1nc2ccc(CC3(C)C(N)=N[C@](C)(c4cc(F)ccc4F)CS3(=O)=O)cc2s1. The van der Waals surface area contributed by atoms with E-state index < -0.39 is 170 Å². The molecule has 10 N–H and O–H groups in total. The number of benzene rings is 7. The zero-order valence-corrected chi connectivity index (χ0v) is 88.0. The minimum atomic E-state index is -3.90. The van der Waals surface area contributed by atoms with Crippen molar-refractivity contribution in [2.45, 2.75) is 187 Å². The molecule has 0 spiro atoms. The van der Waals surface area contributed by atoms with Gasteiger partial charge < -0.3 is 42.3 Å². The third kappa shape index (κ3) is 21.1. The predicted molar refractivity (Wildman–Crippen MR) is 552 cm³/mol. The Labute approximate surface area is 848 Å². The number of nitrogens with zero attached hydrogens (tertiary/aromatic N) is 11. The van der Waals surface area contributed by atoms with E-state index in [1.54, 1.807) is 90.3 Å². The number of aryl methyl sites for hydroxylation is 2. The van der Waals surface area contributed by atoms with Gasteiger partial charge in [-0.3, -0.25) is 39.1 Å². The van der Waals surface area contributed by atoms with Crippen LogP contribution in [0.15, 0.2) is 204 Å². The average Bonchev–Trinajstić information content (AvgIpc) is 0.903. The minimum absolute atomic E-state index is 0.0234. The summed E-state index contributed by atoms with van der Waals surface area (Å²) in [6, 6.07) is 40.0. The summed E-state index contributed by atoms with van der Waals surface area (Å²) in [4.78, 5) is 43.3. The van der Waals surface area contributed by atoms with Crippen LogP contribution in [-0.2, 0) is 109 Å². The van der Waals surface area contributed by atoms with Crippen molar-refractivity contribution in [3.8, 4) is 5.75 Å². The largest absolute Gasteiger partial charge is 0.496 e. The molecule has 0 amide bonds. The molecule has 0 aliphatic carbocycles. The number of halogens is 10. The first-order valence-corrected chi connectivity index (χ1v) is 55.1. The zero-order valence-electron chi connectivity index (χ0n) is 82.4. The number of nitrogens with two attached hydrogens (primary N) is 5. The quantitative estimate of drug-likeness (QED) is 0.0443. The van der Waals surface area contributed by atoms with Gasteiger partial charge in [0.25, 0.3) is 0 Å². The summed E-state index contributed by atoms with van der Waals surface area (Å²) in [5.74, 6) is -2.51. The Morgan fingerprint density at radius 3 is 1.37 bits per heavy atom. The Morgan fingerprint density at radius 1 is 0.425 bits per heavy atom. The van der Waals surface area contributed by atoms with Crippen LogP contribution in [0.3, 0.4) is 0 Å². The number of para-hydroxylation sites is 1. The number of hydrogen-bond donors (Lipinski definition) is 5. The molecule has 774 valence electrons. The lowest BCUT2D eigenvalue weighted by Gasteiger charge is -2.41. The molecule has 5 aliphatic heterocycles. The Kier molecular flexibility index (Phi) is 29.4. The van der Waals surface area contributed by atoms with Gasteiger partial charge >= 0.3 is 0 Å². The van der Waals surface area contributed by atoms with Gasteiger partial charge in [-0.05, 0) is 251 Å². The van der Waals surface area contributed by atoms with Gasteiger partial charge in [-0.1, -0.05) is 71.4 Å². The van der Waals surface area contributed by atoms with Crippen LogP contribution in [0.5, 0.6) is 5.75 Å². The summed E-state index contributed by atoms with van der Waals surface area (Å²) in [6.45, 7) is 23.7. The van der Waals surface area contributed by atoms with E-state index in [0.717, 1.165) is 74.5 Å². The van der Waals surface area contributed by atoms with Crippen LogP contribution in [0, 0.1) is 66.2 Å². The van der Waals surface area contributed by atoms with Crippen molar-refractivity contribution >= 4 is 139 Å². The average molecular weight is 2150 g/mol. The highest BCUT2D eigenvalue weighted by atomic mass is 35.5. The van der Waals surface area contributed by atoms with E-state index in [4.69, 9.17) is 53.9 Å². The first-order chi connectivity index (χ1) is 67.7. The van der Waals surface area contributed by atoms with Crippen molar-refractivity contribution in [2.75, 3.05) is 35.9 Å². The van der Waals surface area contributed by atoms with E-state index in [2.05, 4.69) is 60.9 Å². The number of aromatic nitrogens is 6. The third-order valence-corrected chi connectivity index (χ3v) is 42.4. The van der Waals surface area contributed by atoms with Crippen LogP contribution in [0.1, 0.15) is 174 Å². The molecule has 0 saturated carbocycles. The maximum atomic E-state index is 14.8. The van der Waals surface area contributed by atoms with Crippen LogP contribution in [0.4, 0.5) is 39.5 Å². The van der Waals surface area contributed by atoms with E-state index in [1.165, 1.54) is 110 Å². The topological polar surface area (TPSA) is 458 Å². The normalized spacial score (nSPS) is 24.9. The standard InChI is InChI=1S/C21H22F2N4O2S.C21H21F2N3O3S.C21H21F2N3O2S2.C20H24FN3O3S.C19H20ClF2N3O2S/c1-20(2)19(24)26-21(3,11-30(20,4)28)14-7-12(5-6-15(14)23)8-16-18-17(29-27-16)9-13(22)10-25-18;2*1-12-25-17-7-4-13(8-18(17)29-12)10-21(3)19(24)26-20(2,11-30(21,27)28)15-9-14(22)5-6-16(15)23;1-19(2)18(22)24-20(3,12-28(19,25)26)17-15(21)10-9-14(23-17)11-13-7-5-6-8-16(13)27-4;1-18(2)17(23)25-19(3,10-28(18,26)27)16-14(21)8-7-12(24-16)9-11-5-4-6-13(20)15(11)22/h5-7,9-10H,4,8,11H2,1-3H3,(H2,24,26);2*4-9H,10-11H2,1-3H3,(H2,24,26);5-10H,11-12H2,1-4H3,(H2,22,24);4-8H,9-10H2,1-3H3,(H2,23,25)/t21-,30?;2*20-,21?;20-;19-/m00011/s1. The Hall–Kier alpha value is -12.6. The third-order valence-electron chi connectivity index (χ3n) is 27.4. The van der Waals surface area contributed by atoms with Crippen molar-refractivity contribution in [3.63, 3.8) is 0 Å². The molecule has 3 unspecified atom stereocenters. The number of ether oxygens (including phenoxy) is 1. The summed E-state index contributed by atoms with van der Waals surface area (Å²) < 4.78 is 256. The fourth-order valence-electron chi connectivity index (χ4n) is 17.9. The Bertz CT molecular complexity index is 8030. The number of methoxy groups -OCH3 is 1. The molecule has 0 saturated heterocycles. The number of rotatable bonds is 16. The summed E-state index contributed by atoms with van der Waals surface area (Å²) in [5, 5.41) is 4.87. The number of hydrogen-bond acceptors (Lipinski definition) is 29. The molecule has 13 aromatic rings. The van der Waals surface area contributed by atoms with Crippen molar-refractivity contribution in [3.05, 3.63) is 311 Å². The summed E-state index contributed by atoms with van der Waals surface area (Å²) >= 11 is 7.33. The number of sulfone groups is 4. The number of aliphatic imine (C=N–C) groups is 5. The van der Waals surface area contributed by atoms with Crippen LogP contribution in [-0.4, -0.2) is 163 Å². The van der Waals surface area contributed by atoms with Crippen molar-refractivity contribution in [1.29, 1.82) is 0 Å². The molecule has 7 aromatic carbocycles. The molecule has 8 atom stereocenters. The maximum absolute atomic E-state index is 14.8. The highest BCUT2D eigenvalue weighted by Crippen LogP contribution is 2.46. The molecular weight excluding hydrogens is 2040 g/mol. The maximum Gasteiger partial charge on any atom is 0.192 e. The molecule has 18 rings (SSSR count). The fraction of sp³-hybridized carbons (Fsp3) is 0.353. The molecule has 0 fully saturated rings. The van der Waals surface area contributed by atoms with Gasteiger partial charge in [0.05, 0.1) is 66.9 Å². The lowest BCUT2D eigenvalue weighted by molar-refractivity contribution is 0.410. The minimum Gasteiger partial charge on any atom is -0.496 e. The molecule has 0 bridgehead atoms. The molecule has 11 heterocycles. The van der Waals surface area contributed by atoms with E-state index in [-0.39, 0.29) is 98.6 Å². The smallest absolute Gasteiger partial charge is 0.192 e. The summed E-state index contributed by atoms with van der Waals surface area (Å²) in [7, 11) is -16.2. The predicted octanol–water partition coefficient (Wildman–Crippen LogP) is 16.5. The first kappa shape index (κ1) is 109. The lowest BCUT2D eigenvalue weighted by Crippen LogP contribution is -2.57. The molecular formula is C102H108ClF9N16O12S6. The second-order valence-electron chi connectivity index (χ2n) is 39.8. The number of amidine groups is 5. The van der Waals surface area contributed by atoms with Crippen LogP contribution in [0.25, 0.3) is 32.4 Å². The first-order valence-electron chi connectivity index (χ1n) is 45.4. The zero-order chi connectivity index (χ0) is 107. The van der Waals surface area contributed by atoms with Crippen LogP contribution >= 0.6 is 22.9 Å². The molecule has 146 heavy (non-hydrogen) atoms. The highest BCUT2D eigenvalue weighted by molar-refractivity contribution is 8.02. The summed E-state index contributed by atoms with van der Waals surface area (Å²) in [5.41, 5.74) is 30.7. The van der Waals surface area contributed by atoms with Gasteiger partial charge in [-0.2, -0.15) is 0 Å². The van der Waals surface area contributed by atoms with E-state index in [0.29, 0.717) is 69.3 Å². The van der Waals surface area contributed by atoms with Gasteiger partial charge in [0, 0.05) is 71.6 Å². The van der Waals surface area contributed by atoms with Gasteiger partial charge in [0.1, 0.15) is 157 Å². The van der Waals surface area contributed by atoms with Gasteiger partial charge in [0.2, 0.25) is 0 Å².